The zero-order valence-corrected chi connectivity index (χ0v) is 12.2. The number of amides is 1. The van der Waals surface area contributed by atoms with E-state index in [2.05, 4.69) is 10.3 Å². The topological polar surface area (TPSA) is 74.7 Å². The van der Waals surface area contributed by atoms with Crippen LogP contribution in [-0.2, 0) is 16.1 Å². The highest BCUT2D eigenvalue weighted by atomic mass is 16.5. The van der Waals surface area contributed by atoms with Gasteiger partial charge in [-0.15, -0.1) is 0 Å². The Hall–Kier alpha value is -1.66. The van der Waals surface area contributed by atoms with Crippen molar-refractivity contribution in [2.75, 3.05) is 24.7 Å². The van der Waals surface area contributed by atoms with Crippen LogP contribution in [0.3, 0.4) is 0 Å². The molecular formula is C15H21N3O3. The fraction of sp³-hybridized carbons (Fsp3) is 0.600. The van der Waals surface area contributed by atoms with E-state index in [9.17, 15) is 9.90 Å². The van der Waals surface area contributed by atoms with Gasteiger partial charge in [0, 0.05) is 18.8 Å². The molecule has 0 bridgehead atoms. The molecule has 0 aromatic carbocycles. The van der Waals surface area contributed by atoms with Crippen LogP contribution in [0.1, 0.15) is 24.0 Å². The van der Waals surface area contributed by atoms with Crippen LogP contribution in [0.15, 0.2) is 12.3 Å². The molecule has 1 unspecified atom stereocenters. The molecule has 1 aromatic rings. The molecule has 1 atom stereocenters. The summed E-state index contributed by atoms with van der Waals surface area (Å²) in [5, 5.41) is 12.2. The Morgan fingerprint density at radius 1 is 1.57 bits per heavy atom. The number of carbonyl (C=O) groups excluding carboxylic acids is 1. The first kappa shape index (κ1) is 14.3. The molecule has 1 saturated heterocycles. The lowest BCUT2D eigenvalue weighted by Crippen LogP contribution is -2.54. The number of hydrogen-bond acceptors (Lipinski definition) is 5. The fourth-order valence-corrected chi connectivity index (χ4v) is 2.61. The monoisotopic (exact) mass is 291 g/mol. The molecule has 21 heavy (non-hydrogen) atoms. The number of pyridine rings is 1. The normalized spacial score (nSPS) is 22.2. The molecule has 2 heterocycles. The van der Waals surface area contributed by atoms with E-state index >= 15 is 0 Å². The molecular weight excluding hydrogens is 270 g/mol. The summed E-state index contributed by atoms with van der Waals surface area (Å²) in [4.78, 5) is 18.8. The van der Waals surface area contributed by atoms with E-state index in [1.807, 2.05) is 17.9 Å². The Morgan fingerprint density at radius 3 is 3.05 bits per heavy atom. The number of aliphatic hydroxyl groups excluding tert-OH is 1. The summed E-state index contributed by atoms with van der Waals surface area (Å²) in [6, 6.07) is 1.92. The van der Waals surface area contributed by atoms with Crippen molar-refractivity contribution in [3.8, 4) is 0 Å². The van der Waals surface area contributed by atoms with Crippen LogP contribution in [0.25, 0.3) is 0 Å². The smallest absolute Gasteiger partial charge is 0.245 e. The molecule has 2 aliphatic rings. The highest BCUT2D eigenvalue weighted by Gasteiger charge is 2.34. The standard InChI is InChI=1S/C15H21N3O3/c1-10-6-11(8-19)7-16-14(10)18-4-5-21-9-13(18)15(20)17-12-2-3-12/h6-7,12-13,19H,2-5,8-9H2,1H3,(H,17,20). The second-order valence-corrected chi connectivity index (χ2v) is 5.71. The second-order valence-electron chi connectivity index (χ2n) is 5.71. The van der Waals surface area contributed by atoms with Gasteiger partial charge in [-0.05, 0) is 37.0 Å². The molecule has 3 rings (SSSR count). The van der Waals surface area contributed by atoms with Crippen molar-refractivity contribution < 1.29 is 14.6 Å². The molecule has 1 aromatic heterocycles. The first-order chi connectivity index (χ1) is 10.2. The van der Waals surface area contributed by atoms with Crippen LogP contribution in [0, 0.1) is 6.92 Å². The van der Waals surface area contributed by atoms with E-state index in [1.54, 1.807) is 6.20 Å². The maximum Gasteiger partial charge on any atom is 0.245 e. The number of morpholine rings is 1. The van der Waals surface area contributed by atoms with Gasteiger partial charge in [-0.1, -0.05) is 0 Å². The predicted molar refractivity (Wildman–Crippen MR) is 78.0 cm³/mol. The van der Waals surface area contributed by atoms with E-state index in [0.717, 1.165) is 29.8 Å². The minimum atomic E-state index is -0.328. The number of nitrogens with one attached hydrogen (secondary N) is 1. The minimum absolute atomic E-state index is 0.0182. The molecule has 0 spiro atoms. The third kappa shape index (κ3) is 3.16. The first-order valence-corrected chi connectivity index (χ1v) is 7.40. The highest BCUT2D eigenvalue weighted by Crippen LogP contribution is 2.24. The highest BCUT2D eigenvalue weighted by molar-refractivity contribution is 5.86. The summed E-state index contributed by atoms with van der Waals surface area (Å²) in [5.74, 6) is 0.816. The van der Waals surface area contributed by atoms with Crippen LogP contribution in [-0.4, -0.2) is 47.8 Å². The van der Waals surface area contributed by atoms with Crippen LogP contribution in [0.4, 0.5) is 5.82 Å². The summed E-state index contributed by atoms with van der Waals surface area (Å²) in [6.07, 6.45) is 3.80. The largest absolute Gasteiger partial charge is 0.392 e. The van der Waals surface area contributed by atoms with Crippen molar-refractivity contribution in [3.63, 3.8) is 0 Å². The Morgan fingerprint density at radius 2 is 2.38 bits per heavy atom. The second kappa shape index (κ2) is 5.99. The summed E-state index contributed by atoms with van der Waals surface area (Å²) in [6.45, 7) is 3.56. The molecule has 2 fully saturated rings. The number of anilines is 1. The van der Waals surface area contributed by atoms with Crippen molar-refractivity contribution >= 4 is 11.7 Å². The molecule has 1 aliphatic carbocycles. The van der Waals surface area contributed by atoms with Crippen molar-refractivity contribution in [1.29, 1.82) is 0 Å². The van der Waals surface area contributed by atoms with Crippen LogP contribution in [0.2, 0.25) is 0 Å². The summed E-state index contributed by atoms with van der Waals surface area (Å²) in [7, 11) is 0. The molecule has 6 nitrogen and oxygen atoms in total. The van der Waals surface area contributed by atoms with Gasteiger partial charge < -0.3 is 20.1 Å². The van der Waals surface area contributed by atoms with Crippen molar-refractivity contribution in [3.05, 3.63) is 23.4 Å². The van der Waals surface area contributed by atoms with Gasteiger partial charge in [0.1, 0.15) is 11.9 Å². The minimum Gasteiger partial charge on any atom is -0.392 e. The predicted octanol–water partition coefficient (Wildman–Crippen LogP) is 0.366. The zero-order valence-electron chi connectivity index (χ0n) is 12.2. The third-order valence-electron chi connectivity index (χ3n) is 3.92. The number of nitrogens with zero attached hydrogens (tertiary/aromatic N) is 2. The van der Waals surface area contributed by atoms with E-state index in [-0.39, 0.29) is 18.6 Å². The molecule has 6 heteroatoms. The fourth-order valence-electron chi connectivity index (χ4n) is 2.61. The van der Waals surface area contributed by atoms with Gasteiger partial charge in [0.2, 0.25) is 5.91 Å². The number of hydrogen-bond donors (Lipinski definition) is 2. The number of aryl methyl sites for hydroxylation is 1. The molecule has 1 amide bonds. The van der Waals surface area contributed by atoms with Crippen LogP contribution in [0.5, 0.6) is 0 Å². The van der Waals surface area contributed by atoms with E-state index in [1.165, 1.54) is 0 Å². The van der Waals surface area contributed by atoms with E-state index in [4.69, 9.17) is 4.74 Å². The van der Waals surface area contributed by atoms with E-state index in [0.29, 0.717) is 25.8 Å². The number of carbonyl (C=O) groups is 1. The average molecular weight is 291 g/mol. The van der Waals surface area contributed by atoms with E-state index < -0.39 is 0 Å². The third-order valence-corrected chi connectivity index (χ3v) is 3.92. The van der Waals surface area contributed by atoms with Gasteiger partial charge in [-0.2, -0.15) is 0 Å². The molecule has 114 valence electrons. The Labute approximate surface area is 124 Å². The quantitative estimate of drug-likeness (QED) is 0.838. The van der Waals surface area contributed by atoms with Crippen molar-refractivity contribution in [2.24, 2.45) is 0 Å². The van der Waals surface area contributed by atoms with Gasteiger partial charge in [0.15, 0.2) is 0 Å². The van der Waals surface area contributed by atoms with Gasteiger partial charge in [0.25, 0.3) is 0 Å². The Bertz CT molecular complexity index is 531. The maximum absolute atomic E-state index is 12.4. The van der Waals surface area contributed by atoms with Crippen LogP contribution >= 0.6 is 0 Å². The zero-order chi connectivity index (χ0) is 14.8. The number of aromatic nitrogens is 1. The summed E-state index contributed by atoms with van der Waals surface area (Å²) in [5.41, 5.74) is 1.75. The molecule has 2 N–H and O–H groups in total. The lowest BCUT2D eigenvalue weighted by Gasteiger charge is -2.36. The number of ether oxygens (including phenoxy) is 1. The number of aliphatic hydroxyl groups is 1. The summed E-state index contributed by atoms with van der Waals surface area (Å²) >= 11 is 0. The lowest BCUT2D eigenvalue weighted by atomic mass is 10.1. The SMILES string of the molecule is Cc1cc(CO)cnc1N1CCOCC1C(=O)NC1CC1. The average Bonchev–Trinajstić information content (AvgIpc) is 3.31. The van der Waals surface area contributed by atoms with Gasteiger partial charge in [-0.25, -0.2) is 4.98 Å². The van der Waals surface area contributed by atoms with Crippen molar-refractivity contribution in [1.82, 2.24) is 10.3 Å². The lowest BCUT2D eigenvalue weighted by molar-refractivity contribution is -0.124. The Balaban J connectivity index is 1.81. The summed E-state index contributed by atoms with van der Waals surface area (Å²) < 4.78 is 5.47. The van der Waals surface area contributed by atoms with Gasteiger partial charge >= 0.3 is 0 Å². The van der Waals surface area contributed by atoms with Crippen LogP contribution < -0.4 is 10.2 Å². The van der Waals surface area contributed by atoms with Crippen molar-refractivity contribution in [2.45, 2.75) is 38.5 Å². The van der Waals surface area contributed by atoms with Gasteiger partial charge in [0.05, 0.1) is 19.8 Å². The number of rotatable bonds is 4. The van der Waals surface area contributed by atoms with Gasteiger partial charge in [-0.3, -0.25) is 4.79 Å². The maximum atomic E-state index is 12.4. The molecule has 1 aliphatic heterocycles. The first-order valence-electron chi connectivity index (χ1n) is 7.40. The molecule has 1 saturated carbocycles. The molecule has 0 radical (unpaired) electrons. The Kier molecular flexibility index (Phi) is 4.07.